The van der Waals surface area contributed by atoms with E-state index in [-0.39, 0.29) is 6.04 Å². The van der Waals surface area contributed by atoms with Crippen LogP contribution in [0, 0.1) is 5.92 Å². The molecule has 0 radical (unpaired) electrons. The van der Waals surface area contributed by atoms with Crippen LogP contribution in [0.5, 0.6) is 0 Å². The van der Waals surface area contributed by atoms with Gasteiger partial charge in [0.2, 0.25) is 0 Å². The Labute approximate surface area is 56.2 Å². The SMILES string of the molecule is CC(C)[C@H](N)CCCl. The number of nitrogens with two attached hydrogens (primary N) is 1. The lowest BCUT2D eigenvalue weighted by atomic mass is 10.0. The van der Waals surface area contributed by atoms with Crippen LogP contribution in [0.4, 0.5) is 0 Å². The van der Waals surface area contributed by atoms with Crippen molar-refractivity contribution >= 4 is 11.6 Å². The number of hydrogen-bond donors (Lipinski definition) is 1. The first-order valence-electron chi connectivity index (χ1n) is 3.00. The van der Waals surface area contributed by atoms with Crippen LogP contribution in [-0.4, -0.2) is 11.9 Å². The molecule has 0 saturated carbocycles. The van der Waals surface area contributed by atoms with E-state index in [9.17, 15) is 0 Å². The summed E-state index contributed by atoms with van der Waals surface area (Å²) in [5, 5.41) is 0. The van der Waals surface area contributed by atoms with Gasteiger partial charge in [-0.05, 0) is 12.3 Å². The molecule has 0 heterocycles. The van der Waals surface area contributed by atoms with E-state index in [2.05, 4.69) is 13.8 Å². The fourth-order valence-corrected chi connectivity index (χ4v) is 0.711. The van der Waals surface area contributed by atoms with Crippen molar-refractivity contribution in [2.75, 3.05) is 5.88 Å². The van der Waals surface area contributed by atoms with Crippen molar-refractivity contribution in [2.45, 2.75) is 26.3 Å². The summed E-state index contributed by atoms with van der Waals surface area (Å²) in [5.74, 6) is 1.24. The van der Waals surface area contributed by atoms with Crippen LogP contribution < -0.4 is 5.73 Å². The molecule has 0 rings (SSSR count). The first-order chi connectivity index (χ1) is 3.68. The van der Waals surface area contributed by atoms with Crippen LogP contribution in [0.3, 0.4) is 0 Å². The maximum Gasteiger partial charge on any atom is 0.0238 e. The molecule has 0 aromatic carbocycles. The lowest BCUT2D eigenvalue weighted by molar-refractivity contribution is 0.483. The summed E-state index contributed by atoms with van der Waals surface area (Å²) >= 11 is 5.46. The molecular weight excluding hydrogens is 122 g/mol. The summed E-state index contributed by atoms with van der Waals surface area (Å²) in [6.45, 7) is 4.22. The van der Waals surface area contributed by atoms with Crippen LogP contribution >= 0.6 is 11.6 Å². The van der Waals surface area contributed by atoms with E-state index in [1.165, 1.54) is 0 Å². The smallest absolute Gasteiger partial charge is 0.0238 e. The second kappa shape index (κ2) is 4.16. The third-order valence-electron chi connectivity index (χ3n) is 1.30. The quantitative estimate of drug-likeness (QED) is 0.585. The lowest BCUT2D eigenvalue weighted by Crippen LogP contribution is -2.26. The Bertz CT molecular complexity index is 54.5. The van der Waals surface area contributed by atoms with Gasteiger partial charge in [0.1, 0.15) is 0 Å². The first kappa shape index (κ1) is 8.25. The highest BCUT2D eigenvalue weighted by Crippen LogP contribution is 2.02. The molecule has 0 aromatic rings. The standard InChI is InChI=1S/C6H14ClN/c1-5(2)6(8)3-4-7/h5-6H,3-4,8H2,1-2H3/t6-/m1/s1. The summed E-state index contributed by atoms with van der Waals surface area (Å²) in [6.07, 6.45) is 0.930. The Hall–Kier alpha value is 0.250. The van der Waals surface area contributed by atoms with E-state index in [4.69, 9.17) is 17.3 Å². The molecule has 1 atom stereocenters. The number of rotatable bonds is 3. The predicted molar refractivity (Wildman–Crippen MR) is 38.2 cm³/mol. The Balaban J connectivity index is 3.17. The lowest BCUT2D eigenvalue weighted by Gasteiger charge is -2.12. The maximum atomic E-state index is 5.64. The molecule has 0 unspecified atom stereocenters. The highest BCUT2D eigenvalue weighted by Gasteiger charge is 2.04. The third-order valence-corrected chi connectivity index (χ3v) is 1.52. The summed E-state index contributed by atoms with van der Waals surface area (Å²) < 4.78 is 0. The monoisotopic (exact) mass is 135 g/mol. The molecule has 2 heteroatoms. The molecule has 2 N–H and O–H groups in total. The zero-order valence-corrected chi connectivity index (χ0v) is 6.28. The summed E-state index contributed by atoms with van der Waals surface area (Å²) in [7, 11) is 0. The summed E-state index contributed by atoms with van der Waals surface area (Å²) in [5.41, 5.74) is 5.64. The van der Waals surface area contributed by atoms with Gasteiger partial charge in [-0.15, -0.1) is 11.6 Å². The van der Waals surface area contributed by atoms with Crippen molar-refractivity contribution in [3.63, 3.8) is 0 Å². The van der Waals surface area contributed by atoms with Crippen molar-refractivity contribution in [1.29, 1.82) is 0 Å². The minimum Gasteiger partial charge on any atom is -0.327 e. The minimum absolute atomic E-state index is 0.285. The second-order valence-electron chi connectivity index (χ2n) is 2.39. The zero-order chi connectivity index (χ0) is 6.57. The van der Waals surface area contributed by atoms with Gasteiger partial charge < -0.3 is 5.73 Å². The van der Waals surface area contributed by atoms with Gasteiger partial charge in [0.05, 0.1) is 0 Å². The highest BCUT2D eigenvalue weighted by molar-refractivity contribution is 6.17. The second-order valence-corrected chi connectivity index (χ2v) is 2.76. The van der Waals surface area contributed by atoms with Gasteiger partial charge in [0, 0.05) is 11.9 Å². The van der Waals surface area contributed by atoms with E-state index in [0.29, 0.717) is 11.8 Å². The van der Waals surface area contributed by atoms with Gasteiger partial charge in [-0.25, -0.2) is 0 Å². The molecule has 0 aliphatic rings. The van der Waals surface area contributed by atoms with Crippen LogP contribution in [0.25, 0.3) is 0 Å². The van der Waals surface area contributed by atoms with Gasteiger partial charge in [-0.2, -0.15) is 0 Å². The molecule has 0 saturated heterocycles. The van der Waals surface area contributed by atoms with E-state index < -0.39 is 0 Å². The van der Waals surface area contributed by atoms with E-state index in [1.807, 2.05) is 0 Å². The molecule has 0 aromatic heterocycles. The first-order valence-corrected chi connectivity index (χ1v) is 3.53. The Morgan fingerprint density at radius 2 is 2.00 bits per heavy atom. The molecule has 0 spiro atoms. The highest BCUT2D eigenvalue weighted by atomic mass is 35.5. The van der Waals surface area contributed by atoms with E-state index >= 15 is 0 Å². The fraction of sp³-hybridized carbons (Fsp3) is 1.00. The zero-order valence-electron chi connectivity index (χ0n) is 5.52. The van der Waals surface area contributed by atoms with Crippen molar-refractivity contribution in [1.82, 2.24) is 0 Å². The minimum atomic E-state index is 0.285. The Morgan fingerprint density at radius 1 is 1.50 bits per heavy atom. The Morgan fingerprint density at radius 3 is 2.12 bits per heavy atom. The van der Waals surface area contributed by atoms with Crippen LogP contribution in [0.15, 0.2) is 0 Å². The van der Waals surface area contributed by atoms with Crippen molar-refractivity contribution in [2.24, 2.45) is 11.7 Å². The maximum absolute atomic E-state index is 5.64. The van der Waals surface area contributed by atoms with Gasteiger partial charge >= 0.3 is 0 Å². The average Bonchev–Trinajstić information content (AvgIpc) is 1.67. The number of halogens is 1. The molecule has 8 heavy (non-hydrogen) atoms. The fourth-order valence-electron chi connectivity index (χ4n) is 0.459. The molecule has 0 amide bonds. The Kier molecular flexibility index (Phi) is 4.29. The molecule has 0 aliphatic carbocycles. The summed E-state index contributed by atoms with van der Waals surface area (Å²) in [4.78, 5) is 0. The van der Waals surface area contributed by atoms with Crippen molar-refractivity contribution in [3.8, 4) is 0 Å². The molecule has 0 fully saturated rings. The van der Waals surface area contributed by atoms with Crippen molar-refractivity contribution < 1.29 is 0 Å². The molecule has 50 valence electrons. The molecular formula is C6H14ClN. The summed E-state index contributed by atoms with van der Waals surface area (Å²) in [6, 6.07) is 0.285. The van der Waals surface area contributed by atoms with Gasteiger partial charge in [-0.1, -0.05) is 13.8 Å². The van der Waals surface area contributed by atoms with E-state index in [0.717, 1.165) is 6.42 Å². The molecule has 0 bridgehead atoms. The van der Waals surface area contributed by atoms with Gasteiger partial charge in [0.25, 0.3) is 0 Å². The molecule has 1 nitrogen and oxygen atoms in total. The largest absolute Gasteiger partial charge is 0.327 e. The van der Waals surface area contributed by atoms with Crippen LogP contribution in [0.2, 0.25) is 0 Å². The topological polar surface area (TPSA) is 26.0 Å². The van der Waals surface area contributed by atoms with E-state index in [1.54, 1.807) is 0 Å². The van der Waals surface area contributed by atoms with Gasteiger partial charge in [0.15, 0.2) is 0 Å². The average molecular weight is 136 g/mol. The normalized spacial score (nSPS) is 14.6. The number of alkyl halides is 1. The predicted octanol–water partition coefficient (Wildman–Crippen LogP) is 1.60. The van der Waals surface area contributed by atoms with Crippen LogP contribution in [-0.2, 0) is 0 Å². The van der Waals surface area contributed by atoms with Gasteiger partial charge in [-0.3, -0.25) is 0 Å². The molecule has 0 aliphatic heterocycles. The van der Waals surface area contributed by atoms with Crippen LogP contribution in [0.1, 0.15) is 20.3 Å². The third kappa shape index (κ3) is 3.28. The number of hydrogen-bond acceptors (Lipinski definition) is 1. The van der Waals surface area contributed by atoms with Crippen molar-refractivity contribution in [3.05, 3.63) is 0 Å².